The van der Waals surface area contributed by atoms with E-state index in [0.29, 0.717) is 5.39 Å². The average Bonchev–Trinajstić information content (AvgIpc) is 2.65. The molecule has 0 unspecified atom stereocenters. The van der Waals surface area contributed by atoms with Crippen LogP contribution in [0.25, 0.3) is 22.9 Å². The van der Waals surface area contributed by atoms with Gasteiger partial charge in [0.1, 0.15) is 5.75 Å². The standard InChI is InChI=1S/C20H16F3NO3S/c1-27-18-7-2-4-14(12-18)8-9-15-5-3-6-16-13-17(10-11-19(15)16)24-28(25,26)20(21,22)23/h2-13,24H,1H3/b9-8+. The van der Waals surface area contributed by atoms with Crippen molar-refractivity contribution in [2.24, 2.45) is 0 Å². The highest BCUT2D eigenvalue weighted by Gasteiger charge is 2.46. The number of ether oxygens (including phenoxy) is 1. The Morgan fingerprint density at radius 1 is 0.964 bits per heavy atom. The van der Waals surface area contributed by atoms with Gasteiger partial charge < -0.3 is 4.74 Å². The van der Waals surface area contributed by atoms with Crippen molar-refractivity contribution in [2.45, 2.75) is 5.51 Å². The van der Waals surface area contributed by atoms with Gasteiger partial charge in [-0.2, -0.15) is 21.6 Å². The smallest absolute Gasteiger partial charge is 0.497 e. The number of halogens is 3. The molecule has 0 spiro atoms. The molecule has 3 rings (SSSR count). The minimum Gasteiger partial charge on any atom is -0.497 e. The number of sulfonamides is 1. The van der Waals surface area contributed by atoms with Gasteiger partial charge >= 0.3 is 15.5 Å². The molecular formula is C20H16F3NO3S. The number of nitrogens with one attached hydrogen (secondary N) is 1. The van der Waals surface area contributed by atoms with E-state index in [1.807, 2.05) is 42.5 Å². The number of hydrogen-bond acceptors (Lipinski definition) is 3. The molecule has 8 heteroatoms. The van der Waals surface area contributed by atoms with Crippen molar-refractivity contribution < 1.29 is 26.3 Å². The number of benzene rings is 3. The van der Waals surface area contributed by atoms with E-state index in [1.54, 1.807) is 30.0 Å². The maximum atomic E-state index is 12.5. The zero-order valence-corrected chi connectivity index (χ0v) is 15.5. The van der Waals surface area contributed by atoms with Gasteiger partial charge in [0.2, 0.25) is 0 Å². The van der Waals surface area contributed by atoms with E-state index in [2.05, 4.69) is 0 Å². The summed E-state index contributed by atoms with van der Waals surface area (Å²) in [7, 11) is -3.88. The quantitative estimate of drug-likeness (QED) is 0.586. The SMILES string of the molecule is COc1cccc(/C=C/c2cccc3cc(NS(=O)(=O)C(F)(F)F)ccc23)c1. The molecule has 0 saturated heterocycles. The second-order valence-corrected chi connectivity index (χ2v) is 7.62. The lowest BCUT2D eigenvalue weighted by Crippen LogP contribution is -2.29. The molecule has 0 aliphatic heterocycles. The molecule has 0 heterocycles. The van der Waals surface area contributed by atoms with E-state index in [1.165, 1.54) is 12.1 Å². The summed E-state index contributed by atoms with van der Waals surface area (Å²) in [6.07, 6.45) is 3.76. The third-order valence-corrected chi connectivity index (χ3v) is 5.13. The summed E-state index contributed by atoms with van der Waals surface area (Å²) in [4.78, 5) is 0. The summed E-state index contributed by atoms with van der Waals surface area (Å²) >= 11 is 0. The van der Waals surface area contributed by atoms with Crippen LogP contribution in [0.4, 0.5) is 18.9 Å². The lowest BCUT2D eigenvalue weighted by Gasteiger charge is -2.11. The average molecular weight is 407 g/mol. The van der Waals surface area contributed by atoms with Crippen LogP contribution >= 0.6 is 0 Å². The molecule has 28 heavy (non-hydrogen) atoms. The second kappa shape index (κ2) is 7.55. The first-order valence-electron chi connectivity index (χ1n) is 8.14. The molecular weight excluding hydrogens is 391 g/mol. The zero-order chi connectivity index (χ0) is 20.4. The Morgan fingerprint density at radius 3 is 2.43 bits per heavy atom. The Balaban J connectivity index is 1.92. The van der Waals surface area contributed by atoms with E-state index in [4.69, 9.17) is 4.74 Å². The first-order valence-corrected chi connectivity index (χ1v) is 9.62. The van der Waals surface area contributed by atoms with Crippen LogP contribution in [0.1, 0.15) is 11.1 Å². The molecule has 0 aliphatic rings. The first kappa shape index (κ1) is 19.8. The monoisotopic (exact) mass is 407 g/mol. The fourth-order valence-corrected chi connectivity index (χ4v) is 3.21. The number of anilines is 1. The summed E-state index contributed by atoms with van der Waals surface area (Å²) < 4.78 is 66.9. The van der Waals surface area contributed by atoms with Gasteiger partial charge in [0, 0.05) is 5.69 Å². The van der Waals surface area contributed by atoms with Crippen molar-refractivity contribution in [1.29, 1.82) is 0 Å². The van der Waals surface area contributed by atoms with Gasteiger partial charge in [0.25, 0.3) is 0 Å². The molecule has 0 aliphatic carbocycles. The molecule has 0 bridgehead atoms. The normalized spacial score (nSPS) is 12.4. The van der Waals surface area contributed by atoms with E-state index in [-0.39, 0.29) is 5.69 Å². The van der Waals surface area contributed by atoms with Gasteiger partial charge in [-0.1, -0.05) is 48.6 Å². The Bertz CT molecular complexity index is 1140. The molecule has 3 aromatic carbocycles. The Hall–Kier alpha value is -3.00. The minimum atomic E-state index is -5.46. The van der Waals surface area contributed by atoms with Crippen molar-refractivity contribution in [3.05, 3.63) is 71.8 Å². The lowest BCUT2D eigenvalue weighted by molar-refractivity contribution is -0.0429. The van der Waals surface area contributed by atoms with Crippen LogP contribution in [0.2, 0.25) is 0 Å². The molecule has 0 amide bonds. The second-order valence-electron chi connectivity index (χ2n) is 5.94. The van der Waals surface area contributed by atoms with Gasteiger partial charge in [0.15, 0.2) is 0 Å². The van der Waals surface area contributed by atoms with Gasteiger partial charge in [-0.05, 0) is 46.2 Å². The van der Waals surface area contributed by atoms with Gasteiger partial charge in [0.05, 0.1) is 7.11 Å². The van der Waals surface area contributed by atoms with Crippen LogP contribution in [0.5, 0.6) is 5.75 Å². The number of methoxy groups -OCH3 is 1. The molecule has 1 N–H and O–H groups in total. The Kier molecular flexibility index (Phi) is 5.33. The summed E-state index contributed by atoms with van der Waals surface area (Å²) in [5, 5.41) is 1.38. The van der Waals surface area contributed by atoms with Crippen molar-refractivity contribution in [2.75, 3.05) is 11.8 Å². The predicted molar refractivity (Wildman–Crippen MR) is 104 cm³/mol. The largest absolute Gasteiger partial charge is 0.516 e. The fourth-order valence-electron chi connectivity index (χ4n) is 2.66. The first-order chi connectivity index (χ1) is 13.2. The molecule has 0 radical (unpaired) electrons. The van der Waals surface area contributed by atoms with Gasteiger partial charge in [-0.25, -0.2) is 0 Å². The highest BCUT2D eigenvalue weighted by atomic mass is 32.2. The number of hydrogen-bond donors (Lipinski definition) is 1. The summed E-state index contributed by atoms with van der Waals surface area (Å²) in [5.74, 6) is 0.724. The van der Waals surface area contributed by atoms with E-state index in [9.17, 15) is 21.6 Å². The fraction of sp³-hybridized carbons (Fsp3) is 0.100. The maximum Gasteiger partial charge on any atom is 0.516 e. The van der Waals surface area contributed by atoms with Crippen molar-refractivity contribution in [1.82, 2.24) is 0 Å². The molecule has 3 aromatic rings. The highest BCUT2D eigenvalue weighted by Crippen LogP contribution is 2.28. The van der Waals surface area contributed by atoms with E-state index < -0.39 is 15.5 Å². The van der Waals surface area contributed by atoms with Crippen molar-refractivity contribution >= 4 is 38.6 Å². The van der Waals surface area contributed by atoms with E-state index >= 15 is 0 Å². The molecule has 0 saturated carbocycles. The number of alkyl halides is 3. The summed E-state index contributed by atoms with van der Waals surface area (Å²) in [6, 6.07) is 17.0. The molecule has 0 fully saturated rings. The maximum absolute atomic E-state index is 12.5. The van der Waals surface area contributed by atoms with Gasteiger partial charge in [-0.3, -0.25) is 4.72 Å². The molecule has 4 nitrogen and oxygen atoms in total. The summed E-state index contributed by atoms with van der Waals surface area (Å²) in [6.45, 7) is 0. The van der Waals surface area contributed by atoms with Crippen LogP contribution in [0.15, 0.2) is 60.7 Å². The van der Waals surface area contributed by atoms with Crippen molar-refractivity contribution in [3.63, 3.8) is 0 Å². The molecule has 0 atom stereocenters. The number of fused-ring (bicyclic) bond motifs is 1. The Morgan fingerprint density at radius 2 is 1.71 bits per heavy atom. The third-order valence-electron chi connectivity index (χ3n) is 4.02. The Labute approximate surface area is 160 Å². The topological polar surface area (TPSA) is 55.4 Å². The van der Waals surface area contributed by atoms with Crippen LogP contribution < -0.4 is 9.46 Å². The van der Waals surface area contributed by atoms with Crippen molar-refractivity contribution in [3.8, 4) is 5.75 Å². The predicted octanol–water partition coefficient (Wildman–Crippen LogP) is 5.28. The van der Waals surface area contributed by atoms with Crippen LogP contribution in [-0.4, -0.2) is 21.0 Å². The highest BCUT2D eigenvalue weighted by molar-refractivity contribution is 7.93. The lowest BCUT2D eigenvalue weighted by atomic mass is 10.0. The number of rotatable bonds is 5. The minimum absolute atomic E-state index is 0.154. The van der Waals surface area contributed by atoms with E-state index in [0.717, 1.165) is 22.3 Å². The zero-order valence-electron chi connectivity index (χ0n) is 14.7. The molecule has 0 aromatic heterocycles. The third kappa shape index (κ3) is 4.28. The van der Waals surface area contributed by atoms with Gasteiger partial charge in [-0.15, -0.1) is 0 Å². The van der Waals surface area contributed by atoms with Crippen LogP contribution in [0.3, 0.4) is 0 Å². The van der Waals surface area contributed by atoms with Crippen LogP contribution in [-0.2, 0) is 10.0 Å². The summed E-state index contributed by atoms with van der Waals surface area (Å²) in [5.41, 5.74) is -3.77. The molecule has 146 valence electrons. The van der Waals surface area contributed by atoms with Crippen LogP contribution in [0, 0.1) is 0 Å².